The smallest absolute Gasteiger partial charge is 0.0447 e. The number of para-hydroxylation sites is 1. The Morgan fingerprint density at radius 2 is 1.41 bits per heavy atom. The summed E-state index contributed by atoms with van der Waals surface area (Å²) in [5.41, 5.74) is 9.70. The van der Waals surface area contributed by atoms with Crippen molar-refractivity contribution in [1.29, 1.82) is 0 Å². The van der Waals surface area contributed by atoms with Crippen LogP contribution in [-0.4, -0.2) is 7.05 Å². The van der Waals surface area contributed by atoms with E-state index < -0.39 is 0 Å². The normalized spacial score (nSPS) is 20.9. The molecule has 0 saturated heterocycles. The first-order valence-corrected chi connectivity index (χ1v) is 10.5. The van der Waals surface area contributed by atoms with Crippen LogP contribution >= 0.6 is 0 Å². The van der Waals surface area contributed by atoms with Gasteiger partial charge in [-0.05, 0) is 46.9 Å². The van der Waals surface area contributed by atoms with Crippen molar-refractivity contribution in [2.24, 2.45) is 0 Å². The molecule has 0 N–H and O–H groups in total. The number of likely N-dealkylation sites (N-methyl/N-ethyl adjacent to an activating group) is 1. The van der Waals surface area contributed by atoms with Gasteiger partial charge in [-0.15, -0.1) is 0 Å². The first-order valence-electron chi connectivity index (χ1n) is 10.5. The molecule has 29 heavy (non-hydrogen) atoms. The molecule has 1 heterocycles. The molecule has 0 amide bonds. The number of nitrogens with zero attached hydrogens (tertiary/aromatic N) is 1. The minimum Gasteiger partial charge on any atom is -0.347 e. The number of anilines is 1. The topological polar surface area (TPSA) is 3.24 Å². The van der Waals surface area contributed by atoms with Crippen LogP contribution in [-0.2, 0) is 10.8 Å². The maximum absolute atomic E-state index is 2.32. The van der Waals surface area contributed by atoms with E-state index in [0.717, 1.165) is 0 Å². The Morgan fingerprint density at radius 3 is 2.10 bits per heavy atom. The average molecular weight is 382 g/mol. The van der Waals surface area contributed by atoms with Gasteiger partial charge in [-0.25, -0.2) is 0 Å². The number of rotatable bonds is 3. The Kier molecular flexibility index (Phi) is 4.65. The Morgan fingerprint density at radius 1 is 0.759 bits per heavy atom. The Labute approximate surface area is 175 Å². The molecule has 0 unspecified atom stereocenters. The summed E-state index contributed by atoms with van der Waals surface area (Å²) in [6.45, 7) is 11.5. The van der Waals surface area contributed by atoms with Gasteiger partial charge in [0.2, 0.25) is 0 Å². The second-order valence-electron chi connectivity index (χ2n) is 9.21. The standard InChI is InChI=1S/C28H31N/c1-20-21-14-10-11-16-23(21)27(2,3)22(20)15-8-7-9-19-26-28(4,5)24-17-12-13-18-25(24)29(26)6/h7-19H,1-6H3. The number of fused-ring (bicyclic) bond motifs is 2. The number of allylic oxidation sites excluding steroid dienone is 8. The first-order chi connectivity index (χ1) is 13.8. The lowest BCUT2D eigenvalue weighted by Gasteiger charge is -2.23. The molecule has 1 nitrogen and oxygen atoms in total. The van der Waals surface area contributed by atoms with Crippen LogP contribution < -0.4 is 4.90 Å². The van der Waals surface area contributed by atoms with E-state index in [1.54, 1.807) is 0 Å². The summed E-state index contributed by atoms with van der Waals surface area (Å²) in [4.78, 5) is 2.31. The second-order valence-corrected chi connectivity index (χ2v) is 9.21. The fourth-order valence-corrected chi connectivity index (χ4v) is 5.11. The molecular formula is C28H31N. The van der Waals surface area contributed by atoms with Crippen molar-refractivity contribution < 1.29 is 0 Å². The molecule has 2 aromatic carbocycles. The molecule has 0 radical (unpaired) electrons. The van der Waals surface area contributed by atoms with E-state index in [0.29, 0.717) is 0 Å². The summed E-state index contributed by atoms with van der Waals surface area (Å²) in [6.07, 6.45) is 11.0. The Balaban J connectivity index is 1.56. The molecule has 1 aliphatic heterocycles. The van der Waals surface area contributed by atoms with E-state index in [2.05, 4.69) is 125 Å². The second kappa shape index (κ2) is 6.91. The van der Waals surface area contributed by atoms with Gasteiger partial charge in [0.25, 0.3) is 0 Å². The van der Waals surface area contributed by atoms with Crippen LogP contribution in [0.5, 0.6) is 0 Å². The van der Waals surface area contributed by atoms with Gasteiger partial charge in [-0.1, -0.05) is 94.5 Å². The molecule has 0 bridgehead atoms. The largest absolute Gasteiger partial charge is 0.347 e. The summed E-state index contributed by atoms with van der Waals surface area (Å²) in [7, 11) is 2.16. The van der Waals surface area contributed by atoms with Crippen LogP contribution in [0.15, 0.2) is 90.2 Å². The van der Waals surface area contributed by atoms with Gasteiger partial charge in [-0.3, -0.25) is 0 Å². The summed E-state index contributed by atoms with van der Waals surface area (Å²) >= 11 is 0. The molecule has 0 aromatic heterocycles. The molecule has 2 aromatic rings. The van der Waals surface area contributed by atoms with Crippen LogP contribution in [0.1, 0.15) is 51.3 Å². The van der Waals surface area contributed by atoms with Gasteiger partial charge in [-0.2, -0.15) is 0 Å². The number of hydrogen-bond donors (Lipinski definition) is 0. The Hall–Kier alpha value is -2.80. The fourth-order valence-electron chi connectivity index (χ4n) is 5.11. The molecule has 4 rings (SSSR count). The third-order valence-corrected chi connectivity index (χ3v) is 6.76. The highest BCUT2D eigenvalue weighted by atomic mass is 15.2. The highest BCUT2D eigenvalue weighted by Crippen LogP contribution is 2.47. The minimum atomic E-state index is 0.0214. The highest BCUT2D eigenvalue weighted by molar-refractivity contribution is 5.81. The summed E-state index contributed by atoms with van der Waals surface area (Å²) in [5, 5.41) is 0. The van der Waals surface area contributed by atoms with Crippen LogP contribution in [0.25, 0.3) is 5.57 Å². The molecule has 2 aliphatic rings. The van der Waals surface area contributed by atoms with E-state index in [1.807, 2.05) is 0 Å². The fraction of sp³-hybridized carbons (Fsp3) is 0.286. The molecular weight excluding hydrogens is 350 g/mol. The maximum Gasteiger partial charge on any atom is 0.0447 e. The maximum atomic E-state index is 2.32. The average Bonchev–Trinajstić information content (AvgIpc) is 3.02. The molecule has 0 fully saturated rings. The van der Waals surface area contributed by atoms with Gasteiger partial charge < -0.3 is 4.90 Å². The summed E-state index contributed by atoms with van der Waals surface area (Å²) < 4.78 is 0. The SMILES string of the molecule is CC1=C(C=CC=CC=C2N(C)c3ccccc3C2(C)C)C(C)(C)c2ccccc21. The van der Waals surface area contributed by atoms with Crippen molar-refractivity contribution in [2.45, 2.75) is 45.4 Å². The molecule has 1 aliphatic carbocycles. The predicted molar refractivity (Wildman–Crippen MR) is 126 cm³/mol. The highest BCUT2D eigenvalue weighted by Gasteiger charge is 2.37. The molecule has 0 saturated carbocycles. The van der Waals surface area contributed by atoms with E-state index >= 15 is 0 Å². The lowest BCUT2D eigenvalue weighted by molar-refractivity contribution is 0.640. The van der Waals surface area contributed by atoms with E-state index in [-0.39, 0.29) is 10.8 Å². The zero-order valence-corrected chi connectivity index (χ0v) is 18.5. The van der Waals surface area contributed by atoms with Crippen molar-refractivity contribution in [3.8, 4) is 0 Å². The molecule has 0 spiro atoms. The molecule has 0 atom stereocenters. The quantitative estimate of drug-likeness (QED) is 0.509. The summed E-state index contributed by atoms with van der Waals surface area (Å²) in [6, 6.07) is 17.5. The van der Waals surface area contributed by atoms with Crippen LogP contribution in [0.2, 0.25) is 0 Å². The van der Waals surface area contributed by atoms with E-state index in [9.17, 15) is 0 Å². The van der Waals surface area contributed by atoms with Gasteiger partial charge >= 0.3 is 0 Å². The van der Waals surface area contributed by atoms with Crippen molar-refractivity contribution >= 4 is 11.3 Å². The van der Waals surface area contributed by atoms with Crippen molar-refractivity contribution in [1.82, 2.24) is 0 Å². The van der Waals surface area contributed by atoms with Crippen LogP contribution in [0, 0.1) is 0 Å². The molecule has 148 valence electrons. The lowest BCUT2D eigenvalue weighted by atomic mass is 9.81. The van der Waals surface area contributed by atoms with Gasteiger partial charge in [0.1, 0.15) is 0 Å². The minimum absolute atomic E-state index is 0.0214. The molecule has 1 heteroatoms. The van der Waals surface area contributed by atoms with Crippen molar-refractivity contribution in [3.63, 3.8) is 0 Å². The third-order valence-electron chi connectivity index (χ3n) is 6.76. The van der Waals surface area contributed by atoms with Gasteiger partial charge in [0, 0.05) is 29.3 Å². The van der Waals surface area contributed by atoms with Crippen LogP contribution in [0.3, 0.4) is 0 Å². The van der Waals surface area contributed by atoms with Gasteiger partial charge in [0.15, 0.2) is 0 Å². The zero-order chi connectivity index (χ0) is 20.8. The summed E-state index contributed by atoms with van der Waals surface area (Å²) in [5.74, 6) is 0. The Bertz CT molecular complexity index is 1070. The first kappa shape index (κ1) is 19.5. The number of hydrogen-bond acceptors (Lipinski definition) is 1. The van der Waals surface area contributed by atoms with Crippen molar-refractivity contribution in [3.05, 3.63) is 107 Å². The monoisotopic (exact) mass is 381 g/mol. The number of benzene rings is 2. The lowest BCUT2D eigenvalue weighted by Crippen LogP contribution is -2.22. The predicted octanol–water partition coefficient (Wildman–Crippen LogP) is 7.18. The zero-order valence-electron chi connectivity index (χ0n) is 18.5. The third kappa shape index (κ3) is 3.00. The van der Waals surface area contributed by atoms with E-state index in [4.69, 9.17) is 0 Å². The van der Waals surface area contributed by atoms with Crippen LogP contribution in [0.4, 0.5) is 5.69 Å². The van der Waals surface area contributed by atoms with Gasteiger partial charge in [0.05, 0.1) is 0 Å². The van der Waals surface area contributed by atoms with Crippen molar-refractivity contribution in [2.75, 3.05) is 11.9 Å². The van der Waals surface area contributed by atoms with E-state index in [1.165, 1.54) is 39.2 Å².